The summed E-state index contributed by atoms with van der Waals surface area (Å²) in [6.45, 7) is -0.531. The van der Waals surface area contributed by atoms with Crippen LogP contribution in [0.4, 0.5) is 5.69 Å². The third-order valence-corrected chi connectivity index (χ3v) is 5.97. The molecule has 1 atom stereocenters. The predicted molar refractivity (Wildman–Crippen MR) is 119 cm³/mol. The average molecular weight is 464 g/mol. The summed E-state index contributed by atoms with van der Waals surface area (Å²) in [6, 6.07) is 8.26. The van der Waals surface area contributed by atoms with E-state index in [-0.39, 0.29) is 36.2 Å². The molecule has 0 spiro atoms. The van der Waals surface area contributed by atoms with Crippen LogP contribution in [0, 0.1) is 0 Å². The quantitative estimate of drug-likeness (QED) is 0.523. The standard InChI is InChI=1S/C22H29N3O6S/c1-32(29,30)24-18-11-6-5-10-17(18)22(28)25(13-14-26)20(19-12-7-15-31-19)21(27)23-16-8-3-2-4-9-16/h5-7,10-12,15-16,20,24,26H,2-4,8-9,13-14H2,1H3,(H,23,27). The molecule has 1 aromatic carbocycles. The van der Waals surface area contributed by atoms with E-state index < -0.39 is 27.9 Å². The first-order valence-corrected chi connectivity index (χ1v) is 12.5. The molecule has 1 saturated carbocycles. The number of sulfonamides is 1. The first-order chi connectivity index (χ1) is 15.3. The van der Waals surface area contributed by atoms with Gasteiger partial charge in [0, 0.05) is 12.6 Å². The second kappa shape index (κ2) is 10.6. The summed E-state index contributed by atoms with van der Waals surface area (Å²) in [5, 5.41) is 12.7. The first kappa shape index (κ1) is 23.8. The van der Waals surface area contributed by atoms with E-state index in [4.69, 9.17) is 4.42 Å². The molecule has 1 aliphatic carbocycles. The van der Waals surface area contributed by atoms with Crippen LogP contribution in [0.1, 0.15) is 54.3 Å². The van der Waals surface area contributed by atoms with E-state index in [0.717, 1.165) is 38.4 Å². The minimum atomic E-state index is -3.64. The molecule has 1 heterocycles. The van der Waals surface area contributed by atoms with Gasteiger partial charge >= 0.3 is 0 Å². The van der Waals surface area contributed by atoms with Gasteiger partial charge in [0.2, 0.25) is 10.0 Å². The van der Waals surface area contributed by atoms with Crippen LogP contribution in [0.2, 0.25) is 0 Å². The minimum absolute atomic E-state index is 0.0129. The number of furan rings is 1. The molecule has 2 amide bonds. The van der Waals surface area contributed by atoms with Crippen molar-refractivity contribution in [2.24, 2.45) is 0 Å². The number of aliphatic hydroxyl groups excluding tert-OH is 1. The van der Waals surface area contributed by atoms with Crippen LogP contribution in [0.3, 0.4) is 0 Å². The zero-order valence-electron chi connectivity index (χ0n) is 18.0. The number of para-hydroxylation sites is 1. The second-order valence-corrected chi connectivity index (χ2v) is 9.65. The Labute approximate surface area is 187 Å². The van der Waals surface area contributed by atoms with E-state index in [9.17, 15) is 23.1 Å². The number of carbonyl (C=O) groups excluding carboxylic acids is 2. The average Bonchev–Trinajstić information content (AvgIpc) is 3.27. The molecule has 3 N–H and O–H groups in total. The summed E-state index contributed by atoms with van der Waals surface area (Å²) in [6.07, 6.45) is 7.32. The minimum Gasteiger partial charge on any atom is -0.467 e. The van der Waals surface area contributed by atoms with Crippen LogP contribution in [-0.4, -0.2) is 55.7 Å². The van der Waals surface area contributed by atoms with Gasteiger partial charge in [0.05, 0.1) is 30.4 Å². The molecule has 1 aromatic heterocycles. The number of hydrogen-bond donors (Lipinski definition) is 3. The number of hydrogen-bond acceptors (Lipinski definition) is 6. The molecule has 0 radical (unpaired) electrons. The highest BCUT2D eigenvalue weighted by molar-refractivity contribution is 7.92. The molecule has 174 valence electrons. The van der Waals surface area contributed by atoms with Crippen LogP contribution >= 0.6 is 0 Å². The Hall–Kier alpha value is -2.85. The third-order valence-electron chi connectivity index (χ3n) is 5.38. The Morgan fingerprint density at radius 3 is 2.50 bits per heavy atom. The first-order valence-electron chi connectivity index (χ1n) is 10.6. The lowest BCUT2D eigenvalue weighted by Gasteiger charge is -2.32. The molecule has 1 fully saturated rings. The zero-order chi connectivity index (χ0) is 23.1. The summed E-state index contributed by atoms with van der Waals surface area (Å²) in [5.74, 6) is -0.748. The van der Waals surface area contributed by atoms with Gasteiger partial charge in [0.15, 0.2) is 6.04 Å². The fourth-order valence-electron chi connectivity index (χ4n) is 3.97. The lowest BCUT2D eigenvalue weighted by Crippen LogP contribution is -2.48. The Morgan fingerprint density at radius 2 is 1.88 bits per heavy atom. The van der Waals surface area contributed by atoms with Crippen LogP contribution in [0.25, 0.3) is 0 Å². The second-order valence-electron chi connectivity index (χ2n) is 7.90. The van der Waals surface area contributed by atoms with Crippen molar-refractivity contribution in [1.82, 2.24) is 10.2 Å². The van der Waals surface area contributed by atoms with Crippen molar-refractivity contribution in [3.05, 3.63) is 54.0 Å². The highest BCUT2D eigenvalue weighted by Crippen LogP contribution is 2.28. The summed E-state index contributed by atoms with van der Waals surface area (Å²) in [5.41, 5.74) is 0.155. The molecule has 3 rings (SSSR count). The van der Waals surface area contributed by atoms with Gasteiger partial charge in [-0.3, -0.25) is 14.3 Å². The van der Waals surface area contributed by atoms with Gasteiger partial charge in [0.25, 0.3) is 11.8 Å². The van der Waals surface area contributed by atoms with Gasteiger partial charge in [0.1, 0.15) is 5.76 Å². The highest BCUT2D eigenvalue weighted by Gasteiger charge is 2.35. The predicted octanol–water partition coefficient (Wildman–Crippen LogP) is 2.28. The van der Waals surface area contributed by atoms with Gasteiger partial charge in [-0.25, -0.2) is 8.42 Å². The van der Waals surface area contributed by atoms with Crippen LogP contribution in [0.5, 0.6) is 0 Å². The van der Waals surface area contributed by atoms with Gasteiger partial charge in [-0.1, -0.05) is 31.4 Å². The monoisotopic (exact) mass is 463 g/mol. The molecule has 2 aromatic rings. The summed E-state index contributed by atoms with van der Waals surface area (Å²) >= 11 is 0. The van der Waals surface area contributed by atoms with Crippen molar-refractivity contribution < 1.29 is 27.5 Å². The Kier molecular flexibility index (Phi) is 7.92. The number of amides is 2. The zero-order valence-corrected chi connectivity index (χ0v) is 18.8. The SMILES string of the molecule is CS(=O)(=O)Nc1ccccc1C(=O)N(CCO)C(C(=O)NC1CCCCC1)c1ccco1. The molecule has 10 heteroatoms. The maximum Gasteiger partial charge on any atom is 0.257 e. The van der Waals surface area contributed by atoms with E-state index in [0.29, 0.717) is 0 Å². The molecular formula is C22H29N3O6S. The van der Waals surface area contributed by atoms with Crippen LogP contribution < -0.4 is 10.0 Å². The Balaban J connectivity index is 1.95. The normalized spacial score (nSPS) is 15.7. The molecule has 32 heavy (non-hydrogen) atoms. The molecular weight excluding hydrogens is 434 g/mol. The van der Waals surface area contributed by atoms with E-state index in [1.165, 1.54) is 23.3 Å². The van der Waals surface area contributed by atoms with E-state index in [1.807, 2.05) is 0 Å². The molecule has 0 saturated heterocycles. The molecule has 1 aliphatic rings. The number of aliphatic hydroxyl groups is 1. The number of nitrogens with one attached hydrogen (secondary N) is 2. The Bertz CT molecular complexity index is 1020. The van der Waals surface area contributed by atoms with E-state index in [2.05, 4.69) is 10.0 Å². The summed E-state index contributed by atoms with van der Waals surface area (Å²) in [4.78, 5) is 28.1. The van der Waals surface area contributed by atoms with Crippen molar-refractivity contribution >= 4 is 27.5 Å². The fraction of sp³-hybridized carbons (Fsp3) is 0.455. The van der Waals surface area contributed by atoms with Gasteiger partial charge in [-0.15, -0.1) is 0 Å². The lowest BCUT2D eigenvalue weighted by molar-refractivity contribution is -0.127. The molecule has 1 unspecified atom stereocenters. The highest BCUT2D eigenvalue weighted by atomic mass is 32.2. The van der Waals surface area contributed by atoms with Crippen LogP contribution in [0.15, 0.2) is 47.1 Å². The third kappa shape index (κ3) is 6.10. The van der Waals surface area contributed by atoms with E-state index in [1.54, 1.807) is 24.3 Å². The van der Waals surface area contributed by atoms with Gasteiger partial charge in [-0.2, -0.15) is 0 Å². The summed E-state index contributed by atoms with van der Waals surface area (Å²) < 4.78 is 31.3. The molecule has 9 nitrogen and oxygen atoms in total. The maximum absolute atomic E-state index is 13.5. The lowest BCUT2D eigenvalue weighted by atomic mass is 9.95. The van der Waals surface area contributed by atoms with Crippen molar-refractivity contribution in [2.45, 2.75) is 44.2 Å². The number of anilines is 1. The van der Waals surface area contributed by atoms with Crippen LogP contribution in [-0.2, 0) is 14.8 Å². The fourth-order valence-corrected chi connectivity index (χ4v) is 4.54. The van der Waals surface area contributed by atoms with Crippen molar-refractivity contribution in [3.8, 4) is 0 Å². The van der Waals surface area contributed by atoms with Crippen molar-refractivity contribution in [2.75, 3.05) is 24.1 Å². The summed E-state index contributed by atoms with van der Waals surface area (Å²) in [7, 11) is -3.64. The van der Waals surface area contributed by atoms with Gasteiger partial charge < -0.3 is 19.7 Å². The van der Waals surface area contributed by atoms with Gasteiger partial charge in [-0.05, 0) is 37.1 Å². The number of rotatable bonds is 9. The van der Waals surface area contributed by atoms with Crippen molar-refractivity contribution in [3.63, 3.8) is 0 Å². The van der Waals surface area contributed by atoms with E-state index >= 15 is 0 Å². The molecule has 0 bridgehead atoms. The topological polar surface area (TPSA) is 129 Å². The van der Waals surface area contributed by atoms with Crippen molar-refractivity contribution in [1.29, 1.82) is 0 Å². The maximum atomic E-state index is 13.5. The largest absolute Gasteiger partial charge is 0.467 e. The number of benzene rings is 1. The number of carbonyl (C=O) groups is 2. The smallest absolute Gasteiger partial charge is 0.257 e. The number of nitrogens with zero attached hydrogens (tertiary/aromatic N) is 1. The molecule has 0 aliphatic heterocycles. The Morgan fingerprint density at radius 1 is 1.16 bits per heavy atom.